The van der Waals surface area contributed by atoms with Crippen molar-refractivity contribution in [2.45, 2.75) is 33.2 Å². The van der Waals surface area contributed by atoms with Crippen LogP contribution in [-0.2, 0) is 20.7 Å². The Morgan fingerprint density at radius 1 is 0.967 bits per heavy atom. The van der Waals surface area contributed by atoms with Gasteiger partial charge in [0.15, 0.2) is 6.61 Å². The van der Waals surface area contributed by atoms with E-state index in [-0.39, 0.29) is 17.0 Å². The Balaban J connectivity index is 1.69. The Labute approximate surface area is 175 Å². The molecule has 30 heavy (non-hydrogen) atoms. The summed E-state index contributed by atoms with van der Waals surface area (Å²) in [5.74, 6) is -2.74. The van der Waals surface area contributed by atoms with Crippen LogP contribution in [0.25, 0.3) is 0 Å². The number of hydrogen-bond acceptors (Lipinski definition) is 5. The third kappa shape index (κ3) is 4.10. The minimum atomic E-state index is -1.12. The monoisotopic (exact) mass is 408 g/mol. The number of hydrogen-bond donors (Lipinski definition) is 1. The van der Waals surface area contributed by atoms with E-state index in [0.29, 0.717) is 5.69 Å². The lowest BCUT2D eigenvalue weighted by Gasteiger charge is -2.27. The van der Waals surface area contributed by atoms with Gasteiger partial charge in [-0.15, -0.1) is 0 Å². The Morgan fingerprint density at radius 2 is 1.53 bits per heavy atom. The summed E-state index contributed by atoms with van der Waals surface area (Å²) in [6, 6.07) is 12.7. The molecule has 1 N–H and O–H groups in total. The number of carbonyl (C=O) groups is 4. The number of esters is 1. The van der Waals surface area contributed by atoms with Crippen LogP contribution in [0.1, 0.15) is 47.1 Å². The lowest BCUT2D eigenvalue weighted by atomic mass is 10.0. The van der Waals surface area contributed by atoms with Crippen molar-refractivity contribution in [2.75, 3.05) is 11.9 Å². The highest BCUT2D eigenvalue weighted by molar-refractivity contribution is 6.22. The zero-order valence-electron chi connectivity index (χ0n) is 17.2. The molecule has 1 atom stereocenters. The van der Waals surface area contributed by atoms with Gasteiger partial charge in [-0.3, -0.25) is 19.3 Å². The number of nitrogens with one attached hydrogen (secondary N) is 1. The number of rotatable bonds is 7. The van der Waals surface area contributed by atoms with E-state index >= 15 is 0 Å². The molecule has 2 aromatic rings. The fourth-order valence-electron chi connectivity index (χ4n) is 3.50. The molecule has 2 aromatic carbocycles. The first-order valence-corrected chi connectivity index (χ1v) is 9.86. The molecule has 0 saturated heterocycles. The Kier molecular flexibility index (Phi) is 6.30. The number of para-hydroxylation sites is 1. The van der Waals surface area contributed by atoms with Crippen LogP contribution >= 0.6 is 0 Å². The third-order valence-corrected chi connectivity index (χ3v) is 4.99. The van der Waals surface area contributed by atoms with Gasteiger partial charge in [-0.1, -0.05) is 51.1 Å². The molecule has 7 heteroatoms. The summed E-state index contributed by atoms with van der Waals surface area (Å²) >= 11 is 0. The van der Waals surface area contributed by atoms with Crippen LogP contribution in [0.3, 0.4) is 0 Å². The van der Waals surface area contributed by atoms with Crippen molar-refractivity contribution in [1.29, 1.82) is 0 Å². The van der Waals surface area contributed by atoms with E-state index in [4.69, 9.17) is 4.74 Å². The molecular weight excluding hydrogens is 384 g/mol. The van der Waals surface area contributed by atoms with E-state index in [1.165, 1.54) is 0 Å². The van der Waals surface area contributed by atoms with Gasteiger partial charge in [0, 0.05) is 5.69 Å². The molecule has 0 radical (unpaired) electrons. The number of benzene rings is 2. The van der Waals surface area contributed by atoms with Crippen molar-refractivity contribution >= 4 is 29.4 Å². The molecule has 1 heterocycles. The number of carbonyl (C=O) groups excluding carboxylic acids is 4. The molecule has 3 amide bonds. The minimum Gasteiger partial charge on any atom is -0.454 e. The van der Waals surface area contributed by atoms with Crippen molar-refractivity contribution in [3.8, 4) is 0 Å². The van der Waals surface area contributed by atoms with E-state index in [9.17, 15) is 19.2 Å². The van der Waals surface area contributed by atoms with Gasteiger partial charge in [-0.05, 0) is 36.1 Å². The number of nitrogens with zero attached hydrogens (tertiary/aromatic N) is 1. The number of anilines is 1. The second-order valence-electron chi connectivity index (χ2n) is 7.38. The summed E-state index contributed by atoms with van der Waals surface area (Å²) in [7, 11) is 0. The highest BCUT2D eigenvalue weighted by Gasteiger charge is 2.44. The SMILES string of the molecule is CCc1ccccc1NC(=O)COC(=O)[C@H](C(C)C)N1C(=O)c2ccccc2C1=O. The fourth-order valence-corrected chi connectivity index (χ4v) is 3.50. The summed E-state index contributed by atoms with van der Waals surface area (Å²) in [4.78, 5) is 51.4. The average Bonchev–Trinajstić information content (AvgIpc) is 2.98. The van der Waals surface area contributed by atoms with Crippen LogP contribution in [0, 0.1) is 5.92 Å². The molecule has 0 bridgehead atoms. The fraction of sp³-hybridized carbons (Fsp3) is 0.304. The molecule has 3 rings (SSSR count). The summed E-state index contributed by atoms with van der Waals surface area (Å²) in [6.07, 6.45) is 0.741. The summed E-state index contributed by atoms with van der Waals surface area (Å²) in [5, 5.41) is 2.72. The summed E-state index contributed by atoms with van der Waals surface area (Å²) in [6.45, 7) is 4.89. The third-order valence-electron chi connectivity index (χ3n) is 4.99. The standard InChI is InChI=1S/C23H24N2O5/c1-4-15-9-5-8-12-18(15)24-19(26)13-30-23(29)20(14(2)3)25-21(27)16-10-6-7-11-17(16)22(25)28/h5-12,14,20H,4,13H2,1-3H3,(H,24,26)/t20-/m0/s1. The highest BCUT2D eigenvalue weighted by Crippen LogP contribution is 2.27. The Hall–Kier alpha value is -3.48. The van der Waals surface area contributed by atoms with Crippen LogP contribution in [-0.4, -0.2) is 41.2 Å². The molecule has 0 spiro atoms. The smallest absolute Gasteiger partial charge is 0.330 e. The molecule has 0 aliphatic carbocycles. The first kappa shape index (κ1) is 21.2. The van der Waals surface area contributed by atoms with Crippen LogP contribution < -0.4 is 5.32 Å². The molecule has 1 aliphatic rings. The van der Waals surface area contributed by atoms with E-state index in [1.807, 2.05) is 19.1 Å². The normalized spacial score (nSPS) is 13.9. The van der Waals surface area contributed by atoms with Gasteiger partial charge in [0.1, 0.15) is 6.04 Å². The van der Waals surface area contributed by atoms with Gasteiger partial charge in [0.05, 0.1) is 11.1 Å². The molecular formula is C23H24N2O5. The molecule has 7 nitrogen and oxygen atoms in total. The van der Waals surface area contributed by atoms with Crippen LogP contribution in [0.5, 0.6) is 0 Å². The molecule has 156 valence electrons. The first-order chi connectivity index (χ1) is 14.3. The lowest BCUT2D eigenvalue weighted by molar-refractivity contribution is -0.152. The number of ether oxygens (including phenoxy) is 1. The van der Waals surface area contributed by atoms with E-state index < -0.39 is 36.3 Å². The average molecular weight is 408 g/mol. The first-order valence-electron chi connectivity index (χ1n) is 9.86. The lowest BCUT2D eigenvalue weighted by Crippen LogP contribution is -2.49. The van der Waals surface area contributed by atoms with Gasteiger partial charge in [-0.2, -0.15) is 0 Å². The molecule has 0 saturated carbocycles. The Morgan fingerprint density at radius 3 is 2.10 bits per heavy atom. The quantitative estimate of drug-likeness (QED) is 0.561. The summed E-state index contributed by atoms with van der Waals surface area (Å²) < 4.78 is 5.18. The minimum absolute atomic E-state index is 0.259. The number of amides is 3. The highest BCUT2D eigenvalue weighted by atomic mass is 16.5. The second kappa shape index (κ2) is 8.90. The second-order valence-corrected chi connectivity index (χ2v) is 7.38. The largest absolute Gasteiger partial charge is 0.454 e. The predicted octanol–water partition coefficient (Wildman–Crippen LogP) is 3.05. The van der Waals surface area contributed by atoms with Crippen LogP contribution in [0.4, 0.5) is 5.69 Å². The zero-order valence-corrected chi connectivity index (χ0v) is 17.2. The van der Waals surface area contributed by atoms with Crippen molar-refractivity contribution in [3.63, 3.8) is 0 Å². The van der Waals surface area contributed by atoms with E-state index in [1.54, 1.807) is 50.2 Å². The molecule has 0 aromatic heterocycles. The van der Waals surface area contributed by atoms with Crippen molar-refractivity contribution in [1.82, 2.24) is 4.90 Å². The molecule has 0 unspecified atom stereocenters. The van der Waals surface area contributed by atoms with E-state index in [2.05, 4.69) is 5.32 Å². The maximum Gasteiger partial charge on any atom is 0.330 e. The van der Waals surface area contributed by atoms with Crippen LogP contribution in [0.2, 0.25) is 0 Å². The number of fused-ring (bicyclic) bond motifs is 1. The Bertz CT molecular complexity index is 964. The zero-order chi connectivity index (χ0) is 21.8. The van der Waals surface area contributed by atoms with Gasteiger partial charge in [0.2, 0.25) is 0 Å². The molecule has 0 fully saturated rings. The van der Waals surface area contributed by atoms with E-state index in [0.717, 1.165) is 16.9 Å². The summed E-state index contributed by atoms with van der Waals surface area (Å²) in [5.41, 5.74) is 2.13. The van der Waals surface area contributed by atoms with Crippen molar-refractivity contribution in [3.05, 3.63) is 65.2 Å². The topological polar surface area (TPSA) is 92.8 Å². The maximum atomic E-state index is 12.7. The predicted molar refractivity (Wildman–Crippen MR) is 111 cm³/mol. The van der Waals surface area contributed by atoms with Gasteiger partial charge in [-0.25, -0.2) is 4.79 Å². The number of aryl methyl sites for hydroxylation is 1. The number of imide groups is 1. The van der Waals surface area contributed by atoms with Gasteiger partial charge < -0.3 is 10.1 Å². The maximum absolute atomic E-state index is 12.7. The van der Waals surface area contributed by atoms with Crippen molar-refractivity contribution in [2.24, 2.45) is 5.92 Å². The molecule has 1 aliphatic heterocycles. The van der Waals surface area contributed by atoms with Crippen LogP contribution in [0.15, 0.2) is 48.5 Å². The van der Waals surface area contributed by atoms with Gasteiger partial charge >= 0.3 is 5.97 Å². The van der Waals surface area contributed by atoms with Gasteiger partial charge in [0.25, 0.3) is 17.7 Å². The van der Waals surface area contributed by atoms with Crippen molar-refractivity contribution < 1.29 is 23.9 Å².